The predicted molar refractivity (Wildman–Crippen MR) is 151 cm³/mol. The van der Waals surface area contributed by atoms with Crippen molar-refractivity contribution >= 4 is 56.3 Å². The Balaban J connectivity index is 0.000000585. The minimum absolute atomic E-state index is 0.174. The summed E-state index contributed by atoms with van der Waals surface area (Å²) in [7, 11) is -0.265. The Morgan fingerprint density at radius 3 is 2.31 bits per heavy atom. The van der Waals surface area contributed by atoms with Crippen molar-refractivity contribution in [3.63, 3.8) is 0 Å². The molecule has 5 nitrogen and oxygen atoms in total. The number of allylic oxidation sites excluding steroid dienone is 4. The molecule has 0 aliphatic carbocycles. The van der Waals surface area contributed by atoms with Gasteiger partial charge in [0.1, 0.15) is 10.0 Å². The summed E-state index contributed by atoms with van der Waals surface area (Å²) < 4.78 is 39.8. The number of nitrogens with zero attached hydrogens (tertiary/aromatic N) is 1. The van der Waals surface area contributed by atoms with Crippen molar-refractivity contribution in [1.82, 2.24) is 9.62 Å². The third kappa shape index (κ3) is 15.5. The van der Waals surface area contributed by atoms with Gasteiger partial charge >= 0.3 is 0 Å². The molecule has 1 aliphatic rings. The Labute approximate surface area is 227 Å². The first-order valence-electron chi connectivity index (χ1n) is 10.5. The van der Waals surface area contributed by atoms with Gasteiger partial charge in [-0.3, -0.25) is 0 Å². The van der Waals surface area contributed by atoms with Gasteiger partial charge in [-0.15, -0.1) is 23.1 Å². The Hall–Kier alpha value is -1.17. The monoisotopic (exact) mass is 582 g/mol. The van der Waals surface area contributed by atoms with E-state index in [-0.39, 0.29) is 17.4 Å². The second kappa shape index (κ2) is 20.0. The molecule has 0 amide bonds. The van der Waals surface area contributed by atoms with Crippen molar-refractivity contribution in [1.29, 1.82) is 0 Å². The molecule has 0 atom stereocenters. The summed E-state index contributed by atoms with van der Waals surface area (Å²) in [6.07, 6.45) is 11.2. The molecule has 1 aromatic carbocycles. The highest BCUT2D eigenvalue weighted by molar-refractivity contribution is 8.01. The van der Waals surface area contributed by atoms with Crippen molar-refractivity contribution in [3.05, 3.63) is 83.2 Å². The van der Waals surface area contributed by atoms with Crippen molar-refractivity contribution in [3.8, 4) is 0 Å². The van der Waals surface area contributed by atoms with Gasteiger partial charge in [-0.1, -0.05) is 54.1 Å². The highest BCUT2D eigenvalue weighted by Gasteiger charge is 2.15. The van der Waals surface area contributed by atoms with Gasteiger partial charge in [0.2, 0.25) is 10.0 Å². The Bertz CT molecular complexity index is 1000. The SMILES string of the molecule is C=C/C=C(Cl)\C=C/CNS(=O)(=O)c1ccc(SC)s1.CN1CCCC1.CO.Fc1ccccc1Cl. The molecule has 0 spiro atoms. The maximum atomic E-state index is 12.2. The van der Waals surface area contributed by atoms with Crippen LogP contribution < -0.4 is 4.72 Å². The predicted octanol–water partition coefficient (Wildman–Crippen LogP) is 6.41. The molecule has 3 rings (SSSR count). The number of thiophene rings is 1. The second-order valence-electron chi connectivity index (χ2n) is 6.74. The Morgan fingerprint density at radius 2 is 1.89 bits per heavy atom. The van der Waals surface area contributed by atoms with Crippen LogP contribution in [0.4, 0.5) is 4.39 Å². The summed E-state index contributed by atoms with van der Waals surface area (Å²) in [6.45, 7) is 6.34. The summed E-state index contributed by atoms with van der Waals surface area (Å²) in [5.74, 6) is -0.367. The maximum absolute atomic E-state index is 12.2. The quantitative estimate of drug-likeness (QED) is 0.291. The fourth-order valence-corrected chi connectivity index (χ4v) is 5.78. The molecule has 2 aromatic rings. The zero-order valence-electron chi connectivity index (χ0n) is 20.1. The molecule has 2 N–H and O–H groups in total. The lowest BCUT2D eigenvalue weighted by Crippen LogP contribution is -2.22. The molecule has 1 fully saturated rings. The van der Waals surface area contributed by atoms with E-state index in [9.17, 15) is 12.8 Å². The average molecular weight is 584 g/mol. The summed E-state index contributed by atoms with van der Waals surface area (Å²) in [6, 6.07) is 9.52. The van der Waals surface area contributed by atoms with Gasteiger partial charge in [0.25, 0.3) is 0 Å². The third-order valence-electron chi connectivity index (χ3n) is 4.12. The van der Waals surface area contributed by atoms with Crippen LogP contribution >= 0.6 is 46.3 Å². The number of hydrogen-bond donors (Lipinski definition) is 2. The molecule has 11 heteroatoms. The smallest absolute Gasteiger partial charge is 0.250 e. The third-order valence-corrected chi connectivity index (χ3v) is 8.76. The van der Waals surface area contributed by atoms with Gasteiger partial charge in [-0.05, 0) is 75.7 Å². The summed E-state index contributed by atoms with van der Waals surface area (Å²) in [5, 5.41) is 7.67. The van der Waals surface area contributed by atoms with Gasteiger partial charge in [-0.2, -0.15) is 0 Å². The molecule has 196 valence electrons. The van der Waals surface area contributed by atoms with Crippen LogP contribution in [0.1, 0.15) is 12.8 Å². The van der Waals surface area contributed by atoms with E-state index in [1.165, 1.54) is 61.2 Å². The van der Waals surface area contributed by atoms with Gasteiger partial charge in [0.05, 0.1) is 9.23 Å². The number of aliphatic hydroxyl groups is 1. The second-order valence-corrected chi connectivity index (χ2v) is 11.8. The van der Waals surface area contributed by atoms with Crippen LogP contribution in [0.25, 0.3) is 0 Å². The van der Waals surface area contributed by atoms with E-state index in [0.29, 0.717) is 9.24 Å². The minimum Gasteiger partial charge on any atom is -0.400 e. The number of benzene rings is 1. The highest BCUT2D eigenvalue weighted by atomic mass is 35.5. The first-order valence-corrected chi connectivity index (χ1v) is 14.8. The van der Waals surface area contributed by atoms with E-state index in [1.807, 2.05) is 6.26 Å². The molecule has 1 saturated heterocycles. The first kappa shape index (κ1) is 33.8. The van der Waals surface area contributed by atoms with Crippen molar-refractivity contribution in [2.24, 2.45) is 0 Å². The summed E-state index contributed by atoms with van der Waals surface area (Å²) in [5.41, 5.74) is 0. The largest absolute Gasteiger partial charge is 0.400 e. The number of aliphatic hydroxyl groups excluding tert-OH is 1. The number of halogens is 3. The number of hydrogen-bond acceptors (Lipinski definition) is 6. The number of nitrogens with one attached hydrogen (secondary N) is 1. The molecule has 0 unspecified atom stereocenters. The lowest BCUT2D eigenvalue weighted by molar-refractivity contribution is 0.399. The van der Waals surface area contributed by atoms with Gasteiger partial charge in [0, 0.05) is 18.7 Å². The lowest BCUT2D eigenvalue weighted by atomic mass is 10.4. The fraction of sp³-hybridized carbons (Fsp3) is 0.333. The summed E-state index contributed by atoms with van der Waals surface area (Å²) in [4.78, 5) is 2.36. The van der Waals surface area contributed by atoms with Crippen molar-refractivity contribution in [2.75, 3.05) is 40.0 Å². The fourth-order valence-electron chi connectivity index (χ4n) is 2.44. The normalized spacial score (nSPS) is 13.7. The number of likely N-dealkylation sites (tertiary alicyclic amines) is 1. The highest BCUT2D eigenvalue weighted by Crippen LogP contribution is 2.28. The number of sulfonamides is 1. The van der Waals surface area contributed by atoms with E-state index in [4.69, 9.17) is 28.3 Å². The van der Waals surface area contributed by atoms with Crippen LogP contribution in [0.15, 0.2) is 80.7 Å². The molecule has 1 aromatic heterocycles. The molecular weight excluding hydrogens is 550 g/mol. The standard InChI is InChI=1S/C12H14ClNO2S3.C6H4ClF.C5H11N.CH4O/c1-3-5-10(13)6-4-9-14-19(15,16)12-8-7-11(17-2)18-12;7-5-3-1-2-4-6(5)8;1-6-4-2-3-5-6;1-2/h3-8,14H,1,9H2,2H3;1-4H;2-5H2,1H3;2H,1H3/b6-4-,10-5+;;;. The van der Waals surface area contributed by atoms with Crippen LogP contribution in [0.2, 0.25) is 5.02 Å². The topological polar surface area (TPSA) is 69.6 Å². The van der Waals surface area contributed by atoms with Gasteiger partial charge in [0.15, 0.2) is 0 Å². The van der Waals surface area contributed by atoms with E-state index in [1.54, 1.807) is 48.6 Å². The van der Waals surface area contributed by atoms with Crippen LogP contribution in [-0.4, -0.2) is 58.5 Å². The van der Waals surface area contributed by atoms with E-state index >= 15 is 0 Å². The zero-order chi connectivity index (χ0) is 26.7. The number of rotatable bonds is 7. The van der Waals surface area contributed by atoms with Gasteiger partial charge in [-0.25, -0.2) is 17.5 Å². The van der Waals surface area contributed by atoms with E-state index in [0.717, 1.165) is 11.3 Å². The molecule has 35 heavy (non-hydrogen) atoms. The minimum atomic E-state index is -3.44. The maximum Gasteiger partial charge on any atom is 0.250 e. The van der Waals surface area contributed by atoms with Crippen LogP contribution in [-0.2, 0) is 10.0 Å². The molecule has 1 aliphatic heterocycles. The zero-order valence-corrected chi connectivity index (χ0v) is 24.0. The van der Waals surface area contributed by atoms with E-state index < -0.39 is 10.0 Å². The van der Waals surface area contributed by atoms with Crippen LogP contribution in [0.5, 0.6) is 0 Å². The van der Waals surface area contributed by atoms with E-state index in [2.05, 4.69) is 23.2 Å². The number of thioether (sulfide) groups is 1. The Kier molecular flexibility index (Phi) is 19.3. The molecule has 0 saturated carbocycles. The van der Waals surface area contributed by atoms with Crippen molar-refractivity contribution in [2.45, 2.75) is 21.3 Å². The Morgan fingerprint density at radius 1 is 1.26 bits per heavy atom. The first-order chi connectivity index (χ1) is 16.7. The van der Waals surface area contributed by atoms with Crippen LogP contribution in [0, 0.1) is 5.82 Å². The molecule has 0 bridgehead atoms. The molecule has 0 radical (unpaired) electrons. The van der Waals surface area contributed by atoms with Gasteiger partial charge < -0.3 is 10.0 Å². The van der Waals surface area contributed by atoms with Crippen LogP contribution in [0.3, 0.4) is 0 Å². The average Bonchev–Trinajstić information content (AvgIpc) is 3.53. The summed E-state index contributed by atoms with van der Waals surface area (Å²) >= 11 is 13.9. The van der Waals surface area contributed by atoms with Crippen molar-refractivity contribution < 1.29 is 17.9 Å². The molecule has 2 heterocycles. The molecular formula is C24H33Cl2FN2O3S3. The lowest BCUT2D eigenvalue weighted by Gasteiger charge is -2.01.